The van der Waals surface area contributed by atoms with Crippen LogP contribution in [-0.4, -0.2) is 23.9 Å². The Morgan fingerprint density at radius 3 is 2.87 bits per heavy atom. The SMILES string of the molecule is CC1(C)C(=O)C[C@@H](C#N)O[C@@H]1CCCCl. The first-order valence-corrected chi connectivity index (χ1v) is 5.70. The van der Waals surface area contributed by atoms with Gasteiger partial charge >= 0.3 is 0 Å². The van der Waals surface area contributed by atoms with Crippen LogP contribution in [0.3, 0.4) is 0 Å². The number of nitriles is 1. The number of Topliss-reactive ketones (excluding diaryl/α,β-unsaturated/α-hetero) is 1. The summed E-state index contributed by atoms with van der Waals surface area (Å²) in [6, 6.07) is 2.00. The zero-order chi connectivity index (χ0) is 11.5. The fourth-order valence-electron chi connectivity index (χ4n) is 1.80. The predicted molar refractivity (Wildman–Crippen MR) is 57.6 cm³/mol. The van der Waals surface area contributed by atoms with E-state index in [4.69, 9.17) is 21.6 Å². The Labute approximate surface area is 95.4 Å². The van der Waals surface area contributed by atoms with Crippen LogP contribution in [0, 0.1) is 16.7 Å². The second kappa shape index (κ2) is 4.96. The minimum absolute atomic E-state index is 0.111. The number of rotatable bonds is 3. The number of carbonyl (C=O) groups excluding carboxylic acids is 1. The summed E-state index contributed by atoms with van der Waals surface area (Å²) in [7, 11) is 0. The number of ether oxygens (including phenoxy) is 1. The minimum atomic E-state index is -0.578. The number of carbonyl (C=O) groups is 1. The number of hydrogen-bond acceptors (Lipinski definition) is 3. The standard InChI is InChI=1S/C11H16ClNO2/c1-11(2)9(14)6-8(7-13)15-10(11)4-3-5-12/h8,10H,3-6H2,1-2H3/t8-,10+/m0/s1. The Balaban J connectivity index is 2.72. The van der Waals surface area contributed by atoms with Crippen molar-refractivity contribution in [1.82, 2.24) is 0 Å². The van der Waals surface area contributed by atoms with E-state index in [9.17, 15) is 4.79 Å². The third kappa shape index (κ3) is 2.70. The number of nitrogens with zero attached hydrogens (tertiary/aromatic N) is 1. The van der Waals surface area contributed by atoms with Crippen molar-refractivity contribution in [2.45, 2.75) is 45.3 Å². The van der Waals surface area contributed by atoms with E-state index in [1.165, 1.54) is 0 Å². The average Bonchev–Trinajstić information content (AvgIpc) is 2.20. The molecule has 0 aromatic rings. The number of hydrogen-bond donors (Lipinski definition) is 0. The van der Waals surface area contributed by atoms with Gasteiger partial charge in [-0.2, -0.15) is 5.26 Å². The van der Waals surface area contributed by atoms with Crippen molar-refractivity contribution in [3.8, 4) is 6.07 Å². The van der Waals surface area contributed by atoms with Gasteiger partial charge in [0.2, 0.25) is 0 Å². The molecule has 2 atom stereocenters. The molecule has 1 aliphatic rings. The lowest BCUT2D eigenvalue weighted by atomic mass is 9.76. The molecule has 0 unspecified atom stereocenters. The van der Waals surface area contributed by atoms with Gasteiger partial charge < -0.3 is 4.74 Å². The van der Waals surface area contributed by atoms with Crippen LogP contribution in [0.2, 0.25) is 0 Å². The highest BCUT2D eigenvalue weighted by Gasteiger charge is 2.43. The van der Waals surface area contributed by atoms with Crippen LogP contribution in [0.5, 0.6) is 0 Å². The topological polar surface area (TPSA) is 50.1 Å². The van der Waals surface area contributed by atoms with Gasteiger partial charge in [0.05, 0.1) is 12.2 Å². The van der Waals surface area contributed by atoms with Gasteiger partial charge in [-0.3, -0.25) is 4.79 Å². The lowest BCUT2D eigenvalue weighted by Gasteiger charge is -2.39. The van der Waals surface area contributed by atoms with Crippen molar-refractivity contribution >= 4 is 17.4 Å². The molecule has 0 radical (unpaired) electrons. The van der Waals surface area contributed by atoms with E-state index >= 15 is 0 Å². The molecule has 1 rings (SSSR count). The van der Waals surface area contributed by atoms with Gasteiger partial charge in [-0.15, -0.1) is 11.6 Å². The third-order valence-corrected chi connectivity index (χ3v) is 3.23. The fraction of sp³-hybridized carbons (Fsp3) is 0.818. The van der Waals surface area contributed by atoms with Crippen molar-refractivity contribution < 1.29 is 9.53 Å². The second-order valence-electron chi connectivity index (χ2n) is 4.42. The first-order chi connectivity index (χ1) is 7.02. The monoisotopic (exact) mass is 229 g/mol. The van der Waals surface area contributed by atoms with Gasteiger partial charge in [0.15, 0.2) is 6.10 Å². The summed E-state index contributed by atoms with van der Waals surface area (Å²) >= 11 is 5.62. The third-order valence-electron chi connectivity index (χ3n) is 2.97. The molecule has 0 bridgehead atoms. The van der Waals surface area contributed by atoms with Crippen LogP contribution in [0.15, 0.2) is 0 Å². The van der Waals surface area contributed by atoms with E-state index in [2.05, 4.69) is 0 Å². The molecule has 1 heterocycles. The van der Waals surface area contributed by atoms with E-state index in [0.29, 0.717) is 5.88 Å². The highest BCUT2D eigenvalue weighted by atomic mass is 35.5. The van der Waals surface area contributed by atoms with Crippen LogP contribution >= 0.6 is 11.6 Å². The van der Waals surface area contributed by atoms with E-state index in [0.717, 1.165) is 12.8 Å². The largest absolute Gasteiger partial charge is 0.359 e. The average molecular weight is 230 g/mol. The van der Waals surface area contributed by atoms with Crippen molar-refractivity contribution in [3.05, 3.63) is 0 Å². The van der Waals surface area contributed by atoms with Crippen LogP contribution in [0.4, 0.5) is 0 Å². The highest BCUT2D eigenvalue weighted by Crippen LogP contribution is 2.35. The molecule has 1 saturated heterocycles. The van der Waals surface area contributed by atoms with Crippen LogP contribution in [0.25, 0.3) is 0 Å². The lowest BCUT2D eigenvalue weighted by Crippen LogP contribution is -2.47. The van der Waals surface area contributed by atoms with Gasteiger partial charge in [0.25, 0.3) is 0 Å². The fourth-order valence-corrected chi connectivity index (χ4v) is 1.95. The molecule has 0 saturated carbocycles. The molecule has 0 spiro atoms. The summed E-state index contributed by atoms with van der Waals surface area (Å²) in [6.07, 6.45) is 0.996. The van der Waals surface area contributed by atoms with Crippen LogP contribution < -0.4 is 0 Å². The molecule has 3 nitrogen and oxygen atoms in total. The molecule has 0 aromatic heterocycles. The smallest absolute Gasteiger partial charge is 0.151 e. The minimum Gasteiger partial charge on any atom is -0.359 e. The molecule has 1 fully saturated rings. The molecule has 0 aliphatic carbocycles. The van der Waals surface area contributed by atoms with Crippen LogP contribution in [0.1, 0.15) is 33.1 Å². The van der Waals surface area contributed by atoms with E-state index < -0.39 is 11.5 Å². The molecule has 0 aromatic carbocycles. The van der Waals surface area contributed by atoms with Crippen molar-refractivity contribution in [2.24, 2.45) is 5.41 Å². The molecule has 0 N–H and O–H groups in total. The molecule has 0 amide bonds. The summed E-state index contributed by atoms with van der Waals surface area (Å²) in [6.45, 7) is 3.75. The zero-order valence-corrected chi connectivity index (χ0v) is 9.88. The van der Waals surface area contributed by atoms with Gasteiger partial charge in [0, 0.05) is 17.7 Å². The summed E-state index contributed by atoms with van der Waals surface area (Å²) in [5.74, 6) is 0.668. The van der Waals surface area contributed by atoms with Crippen LogP contribution in [-0.2, 0) is 9.53 Å². The van der Waals surface area contributed by atoms with Gasteiger partial charge in [-0.05, 0) is 12.8 Å². The van der Waals surface area contributed by atoms with Crippen molar-refractivity contribution in [2.75, 3.05) is 5.88 Å². The second-order valence-corrected chi connectivity index (χ2v) is 4.80. The maximum atomic E-state index is 11.8. The Hall–Kier alpha value is -0.590. The van der Waals surface area contributed by atoms with Crippen molar-refractivity contribution in [3.63, 3.8) is 0 Å². The Morgan fingerprint density at radius 1 is 1.67 bits per heavy atom. The number of ketones is 1. The van der Waals surface area contributed by atoms with E-state index in [-0.39, 0.29) is 18.3 Å². The summed E-state index contributed by atoms with van der Waals surface area (Å²) < 4.78 is 5.58. The summed E-state index contributed by atoms with van der Waals surface area (Å²) in [5.41, 5.74) is -0.487. The normalized spacial score (nSPS) is 29.9. The summed E-state index contributed by atoms with van der Waals surface area (Å²) in [5, 5.41) is 8.77. The molecule has 15 heavy (non-hydrogen) atoms. The Bertz CT molecular complexity index is 283. The molecule has 84 valence electrons. The first-order valence-electron chi connectivity index (χ1n) is 5.16. The quantitative estimate of drug-likeness (QED) is 0.698. The molecule has 1 aliphatic heterocycles. The molecule has 4 heteroatoms. The predicted octanol–water partition coefficient (Wildman–Crippen LogP) is 2.28. The van der Waals surface area contributed by atoms with Crippen molar-refractivity contribution in [1.29, 1.82) is 5.26 Å². The number of alkyl halides is 1. The van der Waals surface area contributed by atoms with Gasteiger partial charge in [-0.25, -0.2) is 0 Å². The molecular weight excluding hydrogens is 214 g/mol. The van der Waals surface area contributed by atoms with E-state index in [1.807, 2.05) is 19.9 Å². The van der Waals surface area contributed by atoms with E-state index in [1.54, 1.807) is 0 Å². The lowest BCUT2D eigenvalue weighted by molar-refractivity contribution is -0.154. The molecular formula is C11H16ClNO2. The van der Waals surface area contributed by atoms with Gasteiger partial charge in [0.1, 0.15) is 5.78 Å². The number of halogens is 1. The zero-order valence-electron chi connectivity index (χ0n) is 9.12. The Morgan fingerprint density at radius 2 is 2.33 bits per heavy atom. The first kappa shape index (κ1) is 12.5. The maximum Gasteiger partial charge on any atom is 0.151 e. The maximum absolute atomic E-state index is 11.8. The Kier molecular flexibility index (Phi) is 4.12. The van der Waals surface area contributed by atoms with Gasteiger partial charge in [-0.1, -0.05) is 13.8 Å². The highest BCUT2D eigenvalue weighted by molar-refractivity contribution is 6.17. The summed E-state index contributed by atoms with van der Waals surface area (Å²) in [4.78, 5) is 11.8.